The lowest BCUT2D eigenvalue weighted by atomic mass is 9.96. The Hall–Kier alpha value is -1.25. The highest BCUT2D eigenvalue weighted by Gasteiger charge is 2.24. The van der Waals surface area contributed by atoms with Crippen LogP contribution in [0.25, 0.3) is 0 Å². The molecule has 11 heavy (non-hydrogen) atoms. The van der Waals surface area contributed by atoms with Crippen molar-refractivity contribution in [2.24, 2.45) is 5.92 Å². The Morgan fingerprint density at radius 2 is 1.55 bits per heavy atom. The molecule has 0 saturated heterocycles. The molecule has 3 heteroatoms. The molecular weight excluding hydrogens is 144 g/mol. The van der Waals surface area contributed by atoms with E-state index in [1.165, 1.54) is 13.8 Å². The van der Waals surface area contributed by atoms with Crippen LogP contribution < -0.4 is 0 Å². The van der Waals surface area contributed by atoms with Crippen molar-refractivity contribution < 1.29 is 14.4 Å². The third-order valence-corrected chi connectivity index (χ3v) is 1.30. The van der Waals surface area contributed by atoms with Crippen molar-refractivity contribution in [3.63, 3.8) is 0 Å². The average molecular weight is 154 g/mol. The van der Waals surface area contributed by atoms with Crippen LogP contribution in [0.5, 0.6) is 0 Å². The van der Waals surface area contributed by atoms with Crippen LogP contribution in [0.4, 0.5) is 0 Å². The normalized spacial score (nSPS) is 9.36. The maximum absolute atomic E-state index is 10.8. The highest BCUT2D eigenvalue weighted by Crippen LogP contribution is 2.02. The molecule has 0 aromatic heterocycles. The topological polar surface area (TPSA) is 51.2 Å². The molecule has 0 aliphatic heterocycles. The van der Waals surface area contributed by atoms with Crippen LogP contribution in [0.3, 0.4) is 0 Å². The van der Waals surface area contributed by atoms with E-state index in [0.717, 1.165) is 6.08 Å². The van der Waals surface area contributed by atoms with E-state index >= 15 is 0 Å². The number of rotatable bonds is 4. The molecule has 0 N–H and O–H groups in total. The molecule has 60 valence electrons. The fraction of sp³-hybridized carbons (Fsp3) is 0.375. The van der Waals surface area contributed by atoms with Crippen molar-refractivity contribution in [3.05, 3.63) is 12.7 Å². The molecule has 0 aromatic carbocycles. The van der Waals surface area contributed by atoms with Crippen LogP contribution in [0.2, 0.25) is 0 Å². The van der Waals surface area contributed by atoms with Gasteiger partial charge in [0.15, 0.2) is 5.78 Å². The summed E-state index contributed by atoms with van der Waals surface area (Å²) < 4.78 is 0. The summed E-state index contributed by atoms with van der Waals surface area (Å²) in [7, 11) is 0. The van der Waals surface area contributed by atoms with E-state index in [2.05, 4.69) is 6.58 Å². The van der Waals surface area contributed by atoms with E-state index in [0.29, 0.717) is 0 Å². The molecule has 0 aromatic rings. The number of hydrogen-bond donors (Lipinski definition) is 0. The van der Waals surface area contributed by atoms with Gasteiger partial charge in [-0.05, 0) is 19.9 Å². The summed E-state index contributed by atoms with van der Waals surface area (Å²) in [5.41, 5.74) is 0. The van der Waals surface area contributed by atoms with Crippen molar-refractivity contribution in [2.75, 3.05) is 0 Å². The van der Waals surface area contributed by atoms with Crippen molar-refractivity contribution >= 4 is 17.3 Å². The van der Waals surface area contributed by atoms with Crippen LogP contribution in [0.15, 0.2) is 12.7 Å². The van der Waals surface area contributed by atoms with Crippen LogP contribution in [-0.4, -0.2) is 17.3 Å². The number of carbonyl (C=O) groups excluding carboxylic acids is 3. The maximum Gasteiger partial charge on any atom is 0.172 e. The maximum atomic E-state index is 10.8. The van der Waals surface area contributed by atoms with Gasteiger partial charge in [-0.15, -0.1) is 0 Å². The van der Waals surface area contributed by atoms with E-state index in [1.807, 2.05) is 0 Å². The highest BCUT2D eigenvalue weighted by molar-refractivity contribution is 6.21. The van der Waals surface area contributed by atoms with E-state index in [-0.39, 0.29) is 0 Å². The number of hydrogen-bond acceptors (Lipinski definition) is 3. The third kappa shape index (κ3) is 2.45. The number of Topliss-reactive ketones (excluding diaryl/α,β-unsaturated/α-hetero) is 2. The van der Waals surface area contributed by atoms with Crippen molar-refractivity contribution in [2.45, 2.75) is 13.8 Å². The molecule has 3 nitrogen and oxygen atoms in total. The predicted molar refractivity (Wildman–Crippen MR) is 40.1 cm³/mol. The summed E-state index contributed by atoms with van der Waals surface area (Å²) >= 11 is 0. The lowest BCUT2D eigenvalue weighted by Crippen LogP contribution is -2.26. The summed E-state index contributed by atoms with van der Waals surface area (Å²) in [4.78, 5) is 32.2. The number of carbonyl (C=O) groups is 3. The molecule has 0 rings (SSSR count). The molecule has 0 atom stereocenters. The van der Waals surface area contributed by atoms with Gasteiger partial charge >= 0.3 is 0 Å². The van der Waals surface area contributed by atoms with Crippen molar-refractivity contribution in [3.8, 4) is 0 Å². The summed E-state index contributed by atoms with van der Waals surface area (Å²) in [6, 6.07) is 0. The largest absolute Gasteiger partial charge is 0.299 e. The van der Waals surface area contributed by atoms with E-state index in [9.17, 15) is 14.4 Å². The molecule has 0 aliphatic rings. The molecule has 0 saturated carbocycles. The van der Waals surface area contributed by atoms with Crippen molar-refractivity contribution in [1.29, 1.82) is 0 Å². The molecule has 0 unspecified atom stereocenters. The molecule has 0 amide bonds. The van der Waals surface area contributed by atoms with Crippen LogP contribution >= 0.6 is 0 Å². The fourth-order valence-corrected chi connectivity index (χ4v) is 0.805. The Labute approximate surface area is 65.1 Å². The Balaban J connectivity index is 4.60. The van der Waals surface area contributed by atoms with Crippen LogP contribution in [-0.2, 0) is 14.4 Å². The Morgan fingerprint density at radius 1 is 1.18 bits per heavy atom. The lowest BCUT2D eigenvalue weighted by molar-refractivity contribution is -0.136. The first-order chi connectivity index (χ1) is 5.00. The second kappa shape index (κ2) is 3.81. The molecule has 0 fully saturated rings. The molecule has 0 radical (unpaired) electrons. The number of allylic oxidation sites excluding steroid dienone is 1. The van der Waals surface area contributed by atoms with Crippen LogP contribution in [0.1, 0.15) is 13.8 Å². The predicted octanol–water partition coefficient (Wildman–Crippen LogP) is 0.536. The van der Waals surface area contributed by atoms with Gasteiger partial charge in [0.05, 0.1) is 0 Å². The summed E-state index contributed by atoms with van der Waals surface area (Å²) in [6.45, 7) is 5.62. The zero-order chi connectivity index (χ0) is 9.02. The second-order valence-electron chi connectivity index (χ2n) is 2.26. The van der Waals surface area contributed by atoms with Gasteiger partial charge in [-0.2, -0.15) is 0 Å². The molecule has 0 bridgehead atoms. The summed E-state index contributed by atoms with van der Waals surface area (Å²) in [5, 5.41) is 0. The minimum Gasteiger partial charge on any atom is -0.299 e. The molecule has 0 spiro atoms. The minimum atomic E-state index is -1.13. The third-order valence-electron chi connectivity index (χ3n) is 1.30. The quantitative estimate of drug-likeness (QED) is 0.438. The van der Waals surface area contributed by atoms with Gasteiger partial charge in [-0.25, -0.2) is 0 Å². The Morgan fingerprint density at radius 3 is 1.64 bits per heavy atom. The highest BCUT2D eigenvalue weighted by atomic mass is 16.2. The summed E-state index contributed by atoms with van der Waals surface area (Å²) in [6.07, 6.45) is 0.994. The van der Waals surface area contributed by atoms with E-state index in [1.54, 1.807) is 0 Å². The van der Waals surface area contributed by atoms with Gasteiger partial charge in [-0.3, -0.25) is 14.4 Å². The van der Waals surface area contributed by atoms with Gasteiger partial charge in [0, 0.05) is 0 Å². The van der Waals surface area contributed by atoms with Gasteiger partial charge in [0.25, 0.3) is 0 Å². The van der Waals surface area contributed by atoms with Crippen LogP contribution in [0, 0.1) is 5.92 Å². The molecular formula is C8H10O3. The zero-order valence-corrected chi connectivity index (χ0v) is 6.59. The smallest absolute Gasteiger partial charge is 0.172 e. The van der Waals surface area contributed by atoms with Gasteiger partial charge < -0.3 is 0 Å². The Bertz CT molecular complexity index is 201. The first-order valence-corrected chi connectivity index (χ1v) is 3.18. The second-order valence-corrected chi connectivity index (χ2v) is 2.26. The van der Waals surface area contributed by atoms with E-state index in [4.69, 9.17) is 0 Å². The average Bonchev–Trinajstić information content (AvgIpc) is 1.85. The van der Waals surface area contributed by atoms with Gasteiger partial charge in [0.2, 0.25) is 0 Å². The van der Waals surface area contributed by atoms with Gasteiger partial charge in [-0.1, -0.05) is 6.58 Å². The summed E-state index contributed by atoms with van der Waals surface area (Å²) in [5.74, 6) is -2.51. The molecule has 0 aliphatic carbocycles. The Kier molecular flexibility index (Phi) is 3.37. The lowest BCUT2D eigenvalue weighted by Gasteiger charge is -2.03. The first-order valence-electron chi connectivity index (χ1n) is 3.18. The van der Waals surface area contributed by atoms with E-state index < -0.39 is 23.3 Å². The number of ketones is 3. The van der Waals surface area contributed by atoms with Gasteiger partial charge in [0.1, 0.15) is 17.5 Å². The monoisotopic (exact) mass is 154 g/mol. The molecule has 0 heterocycles. The SMILES string of the molecule is C=CC(=O)C(C(C)=O)C(C)=O. The standard InChI is InChI=1S/C8H10O3/c1-4-7(11)8(5(2)9)6(3)10/h4,8H,1H2,2-3H3. The zero-order valence-electron chi connectivity index (χ0n) is 6.59. The van der Waals surface area contributed by atoms with Crippen molar-refractivity contribution in [1.82, 2.24) is 0 Å². The first kappa shape index (κ1) is 9.75. The minimum absolute atomic E-state index is 0.428. The fourth-order valence-electron chi connectivity index (χ4n) is 0.805.